The number of piperidine rings is 1. The highest BCUT2D eigenvalue weighted by atomic mass is 19.4. The van der Waals surface area contributed by atoms with Crippen molar-refractivity contribution in [2.24, 2.45) is 0 Å². The summed E-state index contributed by atoms with van der Waals surface area (Å²) in [7, 11) is 0. The smallest absolute Gasteiger partial charge is 0.394 e. The fraction of sp³-hybridized carbons (Fsp3) is 0.538. The highest BCUT2D eigenvalue weighted by molar-refractivity contribution is 5.60. The summed E-state index contributed by atoms with van der Waals surface area (Å²) in [6.45, 7) is 0.153. The molecular formula is C13H15F3N2O3. The molecule has 1 aromatic rings. The predicted molar refractivity (Wildman–Crippen MR) is 70.2 cm³/mol. The van der Waals surface area contributed by atoms with Gasteiger partial charge in [0.25, 0.3) is 5.69 Å². The minimum absolute atomic E-state index is 0.105. The van der Waals surface area contributed by atoms with E-state index < -0.39 is 22.4 Å². The quantitative estimate of drug-likeness (QED) is 0.688. The van der Waals surface area contributed by atoms with Crippen LogP contribution in [0.5, 0.6) is 0 Å². The first-order valence-corrected chi connectivity index (χ1v) is 6.57. The molecule has 0 bridgehead atoms. The summed E-state index contributed by atoms with van der Waals surface area (Å²) in [4.78, 5) is 11.3. The van der Waals surface area contributed by atoms with Gasteiger partial charge in [0, 0.05) is 24.4 Å². The summed E-state index contributed by atoms with van der Waals surface area (Å²) in [5.74, 6) is 0. The Hall–Kier alpha value is -1.83. The van der Waals surface area contributed by atoms with Crippen LogP contribution in [0.2, 0.25) is 0 Å². The second-order valence-electron chi connectivity index (χ2n) is 4.98. The molecular weight excluding hydrogens is 289 g/mol. The maximum Gasteiger partial charge on any atom is 0.418 e. The third kappa shape index (κ3) is 3.26. The van der Waals surface area contributed by atoms with Gasteiger partial charge in [-0.3, -0.25) is 10.1 Å². The third-order valence-corrected chi connectivity index (χ3v) is 3.64. The van der Waals surface area contributed by atoms with Crippen molar-refractivity contribution in [1.82, 2.24) is 0 Å². The number of nitrogens with zero attached hydrogens (tertiary/aromatic N) is 2. The largest absolute Gasteiger partial charge is 0.418 e. The van der Waals surface area contributed by atoms with Crippen LogP contribution in [-0.2, 0) is 6.18 Å². The van der Waals surface area contributed by atoms with Crippen LogP contribution in [-0.4, -0.2) is 29.2 Å². The van der Waals surface area contributed by atoms with Gasteiger partial charge in [-0.1, -0.05) is 0 Å². The molecule has 0 aromatic heterocycles. The van der Waals surface area contributed by atoms with Crippen molar-refractivity contribution in [3.63, 3.8) is 0 Å². The number of benzene rings is 1. The monoisotopic (exact) mass is 304 g/mol. The summed E-state index contributed by atoms with van der Waals surface area (Å²) in [6.07, 6.45) is -2.51. The Balaban J connectivity index is 2.49. The Morgan fingerprint density at radius 2 is 2.10 bits per heavy atom. The normalized spacial score (nSPS) is 19.6. The van der Waals surface area contributed by atoms with Gasteiger partial charge in [0.15, 0.2) is 0 Å². The molecule has 1 atom stereocenters. The van der Waals surface area contributed by atoms with E-state index in [0.29, 0.717) is 19.0 Å². The number of non-ortho nitro benzene ring substituents is 1. The molecule has 1 aromatic carbocycles. The van der Waals surface area contributed by atoms with Crippen molar-refractivity contribution in [3.05, 3.63) is 33.9 Å². The first-order chi connectivity index (χ1) is 9.84. The molecule has 1 saturated heterocycles. The molecule has 1 aliphatic rings. The van der Waals surface area contributed by atoms with E-state index in [1.165, 1.54) is 4.90 Å². The van der Waals surface area contributed by atoms with Crippen LogP contribution in [0.4, 0.5) is 24.5 Å². The average Bonchev–Trinajstić information content (AvgIpc) is 2.45. The number of hydrogen-bond donors (Lipinski definition) is 1. The van der Waals surface area contributed by atoms with Crippen LogP contribution in [0, 0.1) is 10.1 Å². The molecule has 5 nitrogen and oxygen atoms in total. The lowest BCUT2D eigenvalue weighted by Crippen LogP contribution is -2.42. The molecule has 1 unspecified atom stereocenters. The Morgan fingerprint density at radius 1 is 1.38 bits per heavy atom. The van der Waals surface area contributed by atoms with Gasteiger partial charge >= 0.3 is 6.18 Å². The zero-order chi connectivity index (χ0) is 15.6. The average molecular weight is 304 g/mol. The van der Waals surface area contributed by atoms with Gasteiger partial charge in [0.1, 0.15) is 0 Å². The summed E-state index contributed by atoms with van der Waals surface area (Å²) < 4.78 is 39.5. The van der Waals surface area contributed by atoms with E-state index in [9.17, 15) is 28.4 Å². The Morgan fingerprint density at radius 3 is 2.67 bits per heavy atom. The number of anilines is 1. The standard InChI is InChI=1S/C13H15F3N2O3/c14-13(15,16)11-7-9(18(20)21)4-5-12(11)17-6-2-1-3-10(17)8-19/h4-5,7,10,19H,1-3,6,8H2. The van der Waals surface area contributed by atoms with E-state index >= 15 is 0 Å². The Kier molecular flexibility index (Phi) is 4.36. The van der Waals surface area contributed by atoms with Crippen molar-refractivity contribution < 1.29 is 23.2 Å². The zero-order valence-electron chi connectivity index (χ0n) is 11.1. The molecule has 8 heteroatoms. The maximum absolute atomic E-state index is 13.2. The second-order valence-corrected chi connectivity index (χ2v) is 4.98. The van der Waals surface area contributed by atoms with Crippen LogP contribution in [0.1, 0.15) is 24.8 Å². The van der Waals surface area contributed by atoms with Crippen molar-refractivity contribution >= 4 is 11.4 Å². The van der Waals surface area contributed by atoms with E-state index in [1.807, 2.05) is 0 Å². The molecule has 0 saturated carbocycles. The van der Waals surface area contributed by atoms with Gasteiger partial charge in [-0.25, -0.2) is 0 Å². The first kappa shape index (κ1) is 15.6. The molecule has 0 amide bonds. The lowest BCUT2D eigenvalue weighted by atomic mass is 10.00. The summed E-state index contributed by atoms with van der Waals surface area (Å²) in [6, 6.07) is 2.35. The molecule has 21 heavy (non-hydrogen) atoms. The fourth-order valence-corrected chi connectivity index (χ4v) is 2.62. The second kappa shape index (κ2) is 5.88. The van der Waals surface area contributed by atoms with Crippen LogP contribution >= 0.6 is 0 Å². The SMILES string of the molecule is O=[N+]([O-])c1ccc(N2CCCCC2CO)c(C(F)(F)F)c1. The van der Waals surface area contributed by atoms with Gasteiger partial charge in [0.2, 0.25) is 0 Å². The summed E-state index contributed by atoms with van der Waals surface area (Å²) in [5.41, 5.74) is -1.73. The number of rotatable bonds is 3. The van der Waals surface area contributed by atoms with Gasteiger partial charge in [-0.2, -0.15) is 13.2 Å². The molecule has 1 fully saturated rings. The Bertz CT molecular complexity index is 534. The van der Waals surface area contributed by atoms with E-state index in [1.54, 1.807) is 0 Å². The molecule has 0 spiro atoms. The summed E-state index contributed by atoms with van der Waals surface area (Å²) >= 11 is 0. The van der Waals surface area contributed by atoms with E-state index in [0.717, 1.165) is 25.0 Å². The van der Waals surface area contributed by atoms with E-state index in [-0.39, 0.29) is 18.3 Å². The zero-order valence-corrected chi connectivity index (χ0v) is 11.1. The number of aliphatic hydroxyl groups excluding tert-OH is 1. The molecule has 0 aliphatic carbocycles. The van der Waals surface area contributed by atoms with Crippen molar-refractivity contribution in [2.45, 2.75) is 31.5 Å². The molecule has 2 rings (SSSR count). The van der Waals surface area contributed by atoms with Crippen LogP contribution in [0.25, 0.3) is 0 Å². The number of aliphatic hydroxyl groups is 1. The number of nitro benzene ring substituents is 1. The van der Waals surface area contributed by atoms with Crippen molar-refractivity contribution in [1.29, 1.82) is 0 Å². The lowest BCUT2D eigenvalue weighted by Gasteiger charge is -2.37. The van der Waals surface area contributed by atoms with Gasteiger partial charge in [-0.15, -0.1) is 0 Å². The number of nitro groups is 1. The van der Waals surface area contributed by atoms with Crippen LogP contribution < -0.4 is 4.90 Å². The minimum atomic E-state index is -4.68. The molecule has 0 radical (unpaired) electrons. The van der Waals surface area contributed by atoms with Crippen molar-refractivity contribution in [2.75, 3.05) is 18.1 Å². The lowest BCUT2D eigenvalue weighted by molar-refractivity contribution is -0.385. The molecule has 116 valence electrons. The molecule has 1 aliphatic heterocycles. The first-order valence-electron chi connectivity index (χ1n) is 6.57. The minimum Gasteiger partial charge on any atom is -0.394 e. The molecule has 1 N–H and O–H groups in total. The molecule has 1 heterocycles. The maximum atomic E-state index is 13.2. The Labute approximate surface area is 119 Å². The van der Waals surface area contributed by atoms with Crippen molar-refractivity contribution in [3.8, 4) is 0 Å². The number of halogens is 3. The van der Waals surface area contributed by atoms with E-state index in [4.69, 9.17) is 0 Å². The number of alkyl halides is 3. The van der Waals surface area contributed by atoms with Gasteiger partial charge in [0.05, 0.1) is 23.1 Å². The van der Waals surface area contributed by atoms with Gasteiger partial charge in [-0.05, 0) is 25.3 Å². The number of hydrogen-bond acceptors (Lipinski definition) is 4. The van der Waals surface area contributed by atoms with Crippen LogP contribution in [0.15, 0.2) is 18.2 Å². The fourth-order valence-electron chi connectivity index (χ4n) is 2.62. The van der Waals surface area contributed by atoms with Gasteiger partial charge < -0.3 is 10.0 Å². The predicted octanol–water partition coefficient (Wildman–Crippen LogP) is 2.96. The van der Waals surface area contributed by atoms with E-state index in [2.05, 4.69) is 0 Å². The highest BCUT2D eigenvalue weighted by Crippen LogP contribution is 2.40. The third-order valence-electron chi connectivity index (χ3n) is 3.64. The summed E-state index contributed by atoms with van der Waals surface area (Å²) in [5, 5.41) is 20.0. The van der Waals surface area contributed by atoms with Crippen LogP contribution in [0.3, 0.4) is 0 Å². The topological polar surface area (TPSA) is 66.6 Å². The highest BCUT2D eigenvalue weighted by Gasteiger charge is 2.38.